The highest BCUT2D eigenvalue weighted by molar-refractivity contribution is 5.63. The van der Waals surface area contributed by atoms with Crippen molar-refractivity contribution in [2.75, 3.05) is 48.5 Å². The lowest BCUT2D eigenvalue weighted by Gasteiger charge is -2.23. The van der Waals surface area contributed by atoms with Gasteiger partial charge in [-0.15, -0.1) is 4.85 Å². The zero-order chi connectivity index (χ0) is 19.6. The van der Waals surface area contributed by atoms with Crippen LogP contribution in [0.4, 0.5) is 17.6 Å². The van der Waals surface area contributed by atoms with Crippen LogP contribution in [0.1, 0.15) is 0 Å². The van der Waals surface area contributed by atoms with Crippen molar-refractivity contribution in [2.45, 2.75) is 0 Å². The molecule has 27 heavy (non-hydrogen) atoms. The molecule has 0 spiro atoms. The number of fused-ring (bicyclic) bond motifs is 2. The second-order valence-electron chi connectivity index (χ2n) is 5.32. The highest BCUT2D eigenvalue weighted by atomic mass is 16.5. The topological polar surface area (TPSA) is 212 Å². The van der Waals surface area contributed by atoms with Crippen molar-refractivity contribution >= 4 is 28.9 Å². The maximum atomic E-state index is 9.05. The fraction of sp³-hybridized carbons (Fsp3) is 0.333. The van der Waals surface area contributed by atoms with Crippen molar-refractivity contribution in [3.8, 4) is 0 Å². The second-order valence-corrected chi connectivity index (χ2v) is 5.32. The number of rotatable bonds is 5. The molecule has 15 heteroatoms. The van der Waals surface area contributed by atoms with Crippen LogP contribution in [0.2, 0.25) is 0 Å². The van der Waals surface area contributed by atoms with Gasteiger partial charge >= 0.3 is 0 Å². The van der Waals surface area contributed by atoms with E-state index in [2.05, 4.69) is 19.9 Å². The second kappa shape index (κ2) is 7.26. The first-order valence-electron chi connectivity index (χ1n) is 7.77. The lowest BCUT2D eigenvalue weighted by atomic mass is 10.6. The molecular weight excluding hydrogens is 360 g/mol. The largest absolute Gasteiger partial charge is 0.411 e. The fourth-order valence-corrected chi connectivity index (χ4v) is 2.46. The smallest absolute Gasteiger partial charge is 0.226 e. The van der Waals surface area contributed by atoms with E-state index in [1.807, 2.05) is 0 Å². The molecule has 0 saturated heterocycles. The first-order valence-corrected chi connectivity index (χ1v) is 7.77. The summed E-state index contributed by atoms with van der Waals surface area (Å²) in [5, 5.41) is 28.6. The van der Waals surface area contributed by atoms with Crippen molar-refractivity contribution in [2.24, 2.45) is 0 Å². The Hall–Kier alpha value is -3.72. The molecule has 146 valence electrons. The van der Waals surface area contributed by atoms with E-state index in [0.717, 1.165) is 0 Å². The highest BCUT2D eigenvalue weighted by Gasteiger charge is 2.11. The molecule has 4 rings (SSSR count). The molecule has 0 aromatic carbocycles. The molecule has 0 aliphatic heterocycles. The summed E-state index contributed by atoms with van der Waals surface area (Å²) in [5.74, 6) is 0.666. The number of nitrogens with zero attached hydrogens (tertiary/aromatic N) is 9. The molecule has 0 radical (unpaired) electrons. The van der Waals surface area contributed by atoms with Gasteiger partial charge in [0.05, 0.1) is 26.3 Å². The summed E-state index contributed by atoms with van der Waals surface area (Å²) in [4.78, 5) is 17.8. The number of nitrogens with two attached hydrogens (primary N) is 3. The maximum absolute atomic E-state index is 9.05. The van der Waals surface area contributed by atoms with Crippen LogP contribution in [0.5, 0.6) is 0 Å². The summed E-state index contributed by atoms with van der Waals surface area (Å²) in [6.07, 6.45) is 4.29. The van der Waals surface area contributed by atoms with Crippen LogP contribution >= 0.6 is 0 Å². The van der Waals surface area contributed by atoms with Gasteiger partial charge in [0, 0.05) is 0 Å². The van der Waals surface area contributed by atoms with Gasteiger partial charge in [-0.25, -0.2) is 19.5 Å². The number of nitrogen functional groups attached to an aromatic ring is 3. The molecule has 0 saturated carbocycles. The SMILES string of the molecule is Nc1nc(N)n2c1ncn2O.Nc1ncn2c1ncn2N(CCO)CCO. The number of imidazole rings is 2. The van der Waals surface area contributed by atoms with Crippen molar-refractivity contribution in [3.63, 3.8) is 0 Å². The van der Waals surface area contributed by atoms with Gasteiger partial charge in [0.1, 0.15) is 12.7 Å². The fourth-order valence-electron chi connectivity index (χ4n) is 2.46. The molecule has 4 heterocycles. The van der Waals surface area contributed by atoms with E-state index in [1.54, 1.807) is 27.0 Å². The summed E-state index contributed by atoms with van der Waals surface area (Å²) in [5.41, 5.74) is 17.3. The number of hydrogen-bond donors (Lipinski definition) is 6. The molecule has 9 N–H and O–H groups in total. The Labute approximate surface area is 151 Å². The van der Waals surface area contributed by atoms with Crippen molar-refractivity contribution < 1.29 is 15.4 Å². The Morgan fingerprint density at radius 2 is 1.56 bits per heavy atom. The lowest BCUT2D eigenvalue weighted by molar-refractivity contribution is 0.137. The Morgan fingerprint density at radius 3 is 2.19 bits per heavy atom. The minimum absolute atomic E-state index is 0.0101. The number of anilines is 3. The average molecular weight is 380 g/mol. The van der Waals surface area contributed by atoms with Crippen LogP contribution in [0, 0.1) is 0 Å². The molecule has 0 aliphatic carbocycles. The minimum atomic E-state index is -0.0101. The quantitative estimate of drug-likeness (QED) is 0.191. The Bertz CT molecular complexity index is 1020. The summed E-state index contributed by atoms with van der Waals surface area (Å²) < 4.78 is 2.84. The molecular formula is C12H20N12O3. The van der Waals surface area contributed by atoms with Gasteiger partial charge in [0.25, 0.3) is 0 Å². The summed E-state index contributed by atoms with van der Waals surface area (Å²) in [7, 11) is 0. The molecule has 0 unspecified atom stereocenters. The van der Waals surface area contributed by atoms with Crippen molar-refractivity contribution in [1.82, 2.24) is 38.6 Å². The van der Waals surface area contributed by atoms with Crippen LogP contribution < -0.4 is 22.2 Å². The summed E-state index contributed by atoms with van der Waals surface area (Å²) >= 11 is 0. The van der Waals surface area contributed by atoms with Crippen LogP contribution in [0.3, 0.4) is 0 Å². The van der Waals surface area contributed by atoms with E-state index in [0.29, 0.717) is 35.0 Å². The van der Waals surface area contributed by atoms with Gasteiger partial charge in [-0.3, -0.25) is 5.01 Å². The van der Waals surface area contributed by atoms with Gasteiger partial charge in [-0.2, -0.15) is 14.3 Å². The van der Waals surface area contributed by atoms with Crippen LogP contribution in [0.25, 0.3) is 11.3 Å². The zero-order valence-electron chi connectivity index (χ0n) is 14.2. The van der Waals surface area contributed by atoms with E-state index in [9.17, 15) is 0 Å². The summed E-state index contributed by atoms with van der Waals surface area (Å²) in [6.45, 7) is 0.766. The highest BCUT2D eigenvalue weighted by Crippen LogP contribution is 2.12. The molecule has 0 atom stereocenters. The minimum Gasteiger partial charge on any atom is -0.411 e. The van der Waals surface area contributed by atoms with E-state index in [4.69, 9.17) is 32.6 Å². The number of aliphatic hydroxyl groups is 2. The van der Waals surface area contributed by atoms with Crippen LogP contribution in [-0.2, 0) is 0 Å². The molecule has 4 aromatic heterocycles. The van der Waals surface area contributed by atoms with E-state index in [-0.39, 0.29) is 25.0 Å². The van der Waals surface area contributed by atoms with Crippen molar-refractivity contribution in [3.05, 3.63) is 19.0 Å². The molecule has 4 aromatic rings. The van der Waals surface area contributed by atoms with Crippen LogP contribution in [0.15, 0.2) is 19.0 Å². The number of hydrogen-bond acceptors (Lipinski definition) is 11. The number of aromatic nitrogens is 8. The zero-order valence-corrected chi connectivity index (χ0v) is 14.2. The lowest BCUT2D eigenvalue weighted by Crippen LogP contribution is -2.40. The summed E-state index contributed by atoms with van der Waals surface area (Å²) in [6, 6.07) is 0. The monoisotopic (exact) mass is 380 g/mol. The molecule has 0 aliphatic rings. The molecule has 0 fully saturated rings. The average Bonchev–Trinajstić information content (AvgIpc) is 3.36. The molecule has 0 amide bonds. The Kier molecular flexibility index (Phi) is 4.86. The first kappa shape index (κ1) is 18.1. The predicted molar refractivity (Wildman–Crippen MR) is 94.5 cm³/mol. The van der Waals surface area contributed by atoms with Gasteiger partial charge in [-0.1, -0.05) is 0 Å². The third kappa shape index (κ3) is 3.23. The van der Waals surface area contributed by atoms with Crippen LogP contribution in [-0.4, -0.2) is 80.3 Å². The van der Waals surface area contributed by atoms with E-state index >= 15 is 0 Å². The van der Waals surface area contributed by atoms with Gasteiger partial charge in [0.15, 0.2) is 23.6 Å². The van der Waals surface area contributed by atoms with Gasteiger partial charge in [0.2, 0.25) is 11.6 Å². The normalized spacial score (nSPS) is 11.0. The van der Waals surface area contributed by atoms with Gasteiger partial charge in [-0.05, 0) is 0 Å². The van der Waals surface area contributed by atoms with E-state index < -0.39 is 0 Å². The third-order valence-electron chi connectivity index (χ3n) is 3.63. The first-order chi connectivity index (χ1) is 13.0. The molecule has 0 bridgehead atoms. The Morgan fingerprint density at radius 1 is 0.889 bits per heavy atom. The molecule has 15 nitrogen and oxygen atoms in total. The predicted octanol–water partition coefficient (Wildman–Crippen LogP) is -3.03. The Balaban J connectivity index is 0.000000166. The number of aliphatic hydroxyl groups excluding tert-OH is 2. The van der Waals surface area contributed by atoms with Crippen molar-refractivity contribution in [1.29, 1.82) is 0 Å². The van der Waals surface area contributed by atoms with Gasteiger partial charge < -0.3 is 32.6 Å². The standard InChI is InChI=1S/C8H14N6O2.C4H6N6O/c9-7-8-11-6-14(13(8)5-10-7)12(1-3-15)2-4-16;5-2-3-7-1-9(11)10(3)4(6)8-2/h5-6,15-16H,1-4,9H2;1,11H,5H2,(H2,6,8). The van der Waals surface area contributed by atoms with E-state index in [1.165, 1.54) is 10.8 Å². The third-order valence-corrected chi connectivity index (χ3v) is 3.63. The maximum Gasteiger partial charge on any atom is 0.226 e.